The second-order valence-electron chi connectivity index (χ2n) is 6.66. The highest BCUT2D eigenvalue weighted by atomic mass is 32.2. The van der Waals surface area contributed by atoms with Gasteiger partial charge in [0.2, 0.25) is 5.91 Å². The third-order valence-electron chi connectivity index (χ3n) is 4.34. The van der Waals surface area contributed by atoms with Crippen LogP contribution < -0.4 is 25.4 Å². The highest BCUT2D eigenvalue weighted by Crippen LogP contribution is 2.32. The minimum atomic E-state index is -0.0860. The quantitative estimate of drug-likeness (QED) is 0.360. The molecule has 0 radical (unpaired) electrons. The molecule has 4 rings (SSSR count). The van der Waals surface area contributed by atoms with Crippen molar-refractivity contribution in [1.29, 1.82) is 0 Å². The largest absolute Gasteiger partial charge is 0.486 e. The van der Waals surface area contributed by atoms with Gasteiger partial charge in [-0.15, -0.1) is 11.8 Å². The SMILES string of the molecule is O=C(CSc1ccc(NC(=S)Nc2ccccc2)cc1)Nc1ccc2c(c1)OCCO2. The van der Waals surface area contributed by atoms with Crippen molar-refractivity contribution >= 4 is 52.1 Å². The minimum absolute atomic E-state index is 0.0860. The van der Waals surface area contributed by atoms with Gasteiger partial charge in [0, 0.05) is 28.0 Å². The molecule has 3 N–H and O–H groups in total. The first-order valence-electron chi connectivity index (χ1n) is 9.71. The molecule has 0 aliphatic carbocycles. The van der Waals surface area contributed by atoms with E-state index >= 15 is 0 Å². The fraction of sp³-hybridized carbons (Fsp3) is 0.130. The van der Waals surface area contributed by atoms with E-state index in [0.29, 0.717) is 41.3 Å². The van der Waals surface area contributed by atoms with E-state index < -0.39 is 0 Å². The summed E-state index contributed by atoms with van der Waals surface area (Å²) in [7, 11) is 0. The van der Waals surface area contributed by atoms with Crippen molar-refractivity contribution < 1.29 is 14.3 Å². The second-order valence-corrected chi connectivity index (χ2v) is 8.12. The number of carbonyl (C=O) groups is 1. The molecule has 0 unspecified atom stereocenters. The fourth-order valence-electron chi connectivity index (χ4n) is 2.92. The molecule has 1 aliphatic heterocycles. The van der Waals surface area contributed by atoms with E-state index in [1.54, 1.807) is 12.1 Å². The molecule has 158 valence electrons. The first kappa shape index (κ1) is 21.0. The summed E-state index contributed by atoms with van der Waals surface area (Å²) in [6.07, 6.45) is 0. The lowest BCUT2D eigenvalue weighted by Gasteiger charge is -2.19. The maximum atomic E-state index is 12.3. The predicted molar refractivity (Wildman–Crippen MR) is 130 cm³/mol. The molecule has 6 nitrogen and oxygen atoms in total. The number of para-hydroxylation sites is 1. The Bertz CT molecular complexity index is 1060. The zero-order valence-electron chi connectivity index (χ0n) is 16.6. The molecule has 0 atom stereocenters. The van der Waals surface area contributed by atoms with Crippen molar-refractivity contribution in [2.75, 3.05) is 34.9 Å². The summed E-state index contributed by atoms with van der Waals surface area (Å²) >= 11 is 6.80. The fourth-order valence-corrected chi connectivity index (χ4v) is 3.85. The van der Waals surface area contributed by atoms with Gasteiger partial charge in [0.15, 0.2) is 16.6 Å². The van der Waals surface area contributed by atoms with Gasteiger partial charge in [-0.3, -0.25) is 4.79 Å². The van der Waals surface area contributed by atoms with E-state index in [0.717, 1.165) is 16.3 Å². The summed E-state index contributed by atoms with van der Waals surface area (Å²) in [4.78, 5) is 13.3. The maximum absolute atomic E-state index is 12.3. The topological polar surface area (TPSA) is 71.6 Å². The summed E-state index contributed by atoms with van der Waals surface area (Å²) in [5.41, 5.74) is 2.49. The average molecular weight is 452 g/mol. The van der Waals surface area contributed by atoms with Crippen LogP contribution in [0.1, 0.15) is 0 Å². The lowest BCUT2D eigenvalue weighted by molar-refractivity contribution is -0.113. The standard InChI is InChI=1S/C23H21N3O3S2/c27-22(24-18-8-11-20-21(14-18)29-13-12-28-20)15-31-19-9-6-17(7-10-19)26-23(30)25-16-4-2-1-3-5-16/h1-11,14H,12-13,15H2,(H,24,27)(H2,25,26,30). The molecule has 3 aromatic carbocycles. The van der Waals surface area contributed by atoms with Gasteiger partial charge >= 0.3 is 0 Å². The van der Waals surface area contributed by atoms with Crippen LogP contribution in [0.15, 0.2) is 77.7 Å². The summed E-state index contributed by atoms with van der Waals surface area (Å²) in [5.74, 6) is 1.57. The third kappa shape index (κ3) is 6.13. The Morgan fingerprint density at radius 3 is 2.19 bits per heavy atom. The Hall–Kier alpha value is -3.23. The van der Waals surface area contributed by atoms with E-state index in [2.05, 4.69) is 16.0 Å². The zero-order valence-corrected chi connectivity index (χ0v) is 18.2. The number of thioether (sulfide) groups is 1. The molecule has 3 aromatic rings. The summed E-state index contributed by atoms with van der Waals surface area (Å²) in [6.45, 7) is 1.05. The summed E-state index contributed by atoms with van der Waals surface area (Å²) < 4.78 is 11.0. The smallest absolute Gasteiger partial charge is 0.234 e. The van der Waals surface area contributed by atoms with Gasteiger partial charge in [-0.05, 0) is 60.7 Å². The van der Waals surface area contributed by atoms with E-state index in [9.17, 15) is 4.79 Å². The normalized spacial score (nSPS) is 12.0. The Morgan fingerprint density at radius 2 is 1.45 bits per heavy atom. The molecule has 0 bridgehead atoms. The minimum Gasteiger partial charge on any atom is -0.486 e. The summed E-state index contributed by atoms with van der Waals surface area (Å²) in [6, 6.07) is 22.9. The van der Waals surface area contributed by atoms with Crippen LogP contribution in [0.4, 0.5) is 17.1 Å². The number of carbonyl (C=O) groups excluding carboxylic acids is 1. The number of benzene rings is 3. The number of hydrogen-bond donors (Lipinski definition) is 3. The van der Waals surface area contributed by atoms with Crippen LogP contribution in [0.2, 0.25) is 0 Å². The van der Waals surface area contributed by atoms with Crippen molar-refractivity contribution in [3.05, 3.63) is 72.8 Å². The maximum Gasteiger partial charge on any atom is 0.234 e. The Labute approximate surface area is 190 Å². The molecule has 1 heterocycles. The van der Waals surface area contributed by atoms with Crippen LogP contribution in [-0.2, 0) is 4.79 Å². The number of ether oxygens (including phenoxy) is 2. The monoisotopic (exact) mass is 451 g/mol. The highest BCUT2D eigenvalue weighted by molar-refractivity contribution is 8.00. The Morgan fingerprint density at radius 1 is 0.806 bits per heavy atom. The molecule has 0 saturated carbocycles. The van der Waals surface area contributed by atoms with Crippen LogP contribution in [0, 0.1) is 0 Å². The second kappa shape index (κ2) is 10.2. The van der Waals surface area contributed by atoms with Crippen LogP contribution >= 0.6 is 24.0 Å². The number of nitrogens with one attached hydrogen (secondary N) is 3. The van der Waals surface area contributed by atoms with Crippen molar-refractivity contribution in [1.82, 2.24) is 0 Å². The van der Waals surface area contributed by atoms with Gasteiger partial charge in [0.05, 0.1) is 5.75 Å². The van der Waals surface area contributed by atoms with Crippen LogP contribution in [0.5, 0.6) is 11.5 Å². The lowest BCUT2D eigenvalue weighted by Crippen LogP contribution is -2.18. The van der Waals surface area contributed by atoms with E-state index in [-0.39, 0.29) is 5.91 Å². The highest BCUT2D eigenvalue weighted by Gasteiger charge is 2.13. The average Bonchev–Trinajstić information content (AvgIpc) is 2.79. The molecule has 31 heavy (non-hydrogen) atoms. The van der Waals surface area contributed by atoms with Gasteiger partial charge in [-0.25, -0.2) is 0 Å². The molecule has 0 spiro atoms. The molecular weight excluding hydrogens is 430 g/mol. The van der Waals surface area contributed by atoms with E-state index in [4.69, 9.17) is 21.7 Å². The van der Waals surface area contributed by atoms with Gasteiger partial charge in [-0.2, -0.15) is 0 Å². The molecule has 0 aromatic heterocycles. The molecule has 1 amide bonds. The van der Waals surface area contributed by atoms with Crippen LogP contribution in [0.25, 0.3) is 0 Å². The van der Waals surface area contributed by atoms with E-state index in [1.807, 2.05) is 60.7 Å². The number of thiocarbonyl (C=S) groups is 1. The molecular formula is C23H21N3O3S2. The first-order valence-corrected chi connectivity index (χ1v) is 11.1. The van der Waals surface area contributed by atoms with Crippen molar-refractivity contribution in [3.8, 4) is 11.5 Å². The third-order valence-corrected chi connectivity index (χ3v) is 5.56. The van der Waals surface area contributed by atoms with Gasteiger partial charge in [0.25, 0.3) is 0 Å². The van der Waals surface area contributed by atoms with Gasteiger partial charge < -0.3 is 25.4 Å². The number of amides is 1. The molecule has 0 saturated heterocycles. The first-order chi connectivity index (χ1) is 15.2. The Balaban J connectivity index is 1.24. The number of anilines is 3. The van der Waals surface area contributed by atoms with Crippen molar-refractivity contribution in [2.24, 2.45) is 0 Å². The lowest BCUT2D eigenvalue weighted by atomic mass is 10.2. The Kier molecular flexibility index (Phi) is 6.91. The predicted octanol–water partition coefficient (Wildman–Crippen LogP) is 5.00. The van der Waals surface area contributed by atoms with Crippen molar-refractivity contribution in [3.63, 3.8) is 0 Å². The van der Waals surface area contributed by atoms with Gasteiger partial charge in [0.1, 0.15) is 13.2 Å². The van der Waals surface area contributed by atoms with E-state index in [1.165, 1.54) is 11.8 Å². The summed E-state index contributed by atoms with van der Waals surface area (Å²) in [5, 5.41) is 9.69. The number of rotatable bonds is 6. The number of hydrogen-bond acceptors (Lipinski definition) is 5. The molecule has 8 heteroatoms. The van der Waals surface area contributed by atoms with Crippen LogP contribution in [0.3, 0.4) is 0 Å². The molecule has 0 fully saturated rings. The molecule has 1 aliphatic rings. The number of fused-ring (bicyclic) bond motifs is 1. The van der Waals surface area contributed by atoms with Crippen molar-refractivity contribution in [2.45, 2.75) is 4.90 Å². The van der Waals surface area contributed by atoms with Crippen LogP contribution in [-0.4, -0.2) is 30.0 Å². The van der Waals surface area contributed by atoms with Gasteiger partial charge in [-0.1, -0.05) is 18.2 Å². The zero-order chi connectivity index (χ0) is 21.5.